The summed E-state index contributed by atoms with van der Waals surface area (Å²) in [6, 6.07) is 6.74. The number of non-ortho nitro benzene ring substituents is 1. The van der Waals surface area contributed by atoms with Crippen LogP contribution in [0.2, 0.25) is 0 Å². The predicted octanol–water partition coefficient (Wildman–Crippen LogP) is 4.03. The smallest absolute Gasteiger partial charge is 0.271 e. The lowest BCUT2D eigenvalue weighted by Gasteiger charge is -2.16. The second kappa shape index (κ2) is 5.50. The number of benzene rings is 1. The Labute approximate surface area is 121 Å². The minimum atomic E-state index is -0.448. The molecule has 1 unspecified atom stereocenters. The van der Waals surface area contributed by atoms with Gasteiger partial charge in [-0.25, -0.2) is 0 Å². The van der Waals surface area contributed by atoms with Crippen LogP contribution in [0, 0.1) is 24.0 Å². The van der Waals surface area contributed by atoms with Crippen molar-refractivity contribution in [3.63, 3.8) is 0 Å². The number of nitro benzene ring substituents is 1. The molecular formula is C14H17N3O2S. The van der Waals surface area contributed by atoms with Gasteiger partial charge in [0.05, 0.1) is 16.3 Å². The maximum atomic E-state index is 10.7. The first-order valence-corrected chi connectivity index (χ1v) is 7.07. The minimum absolute atomic E-state index is 0.00302. The SMILES string of the molecule is Cc1cc(C(C)Nc2ccc([N+](=O)[O-])cc2N)c(C)s1. The summed E-state index contributed by atoms with van der Waals surface area (Å²) >= 11 is 1.76. The van der Waals surface area contributed by atoms with Crippen molar-refractivity contribution < 1.29 is 4.92 Å². The maximum absolute atomic E-state index is 10.7. The summed E-state index contributed by atoms with van der Waals surface area (Å²) < 4.78 is 0. The summed E-state index contributed by atoms with van der Waals surface area (Å²) in [6.07, 6.45) is 0. The van der Waals surface area contributed by atoms with E-state index in [1.807, 2.05) is 0 Å². The number of nitro groups is 1. The molecule has 3 N–H and O–H groups in total. The number of hydrogen-bond acceptors (Lipinski definition) is 5. The Morgan fingerprint density at radius 2 is 2.05 bits per heavy atom. The first kappa shape index (κ1) is 14.3. The molecule has 1 heterocycles. The van der Waals surface area contributed by atoms with Gasteiger partial charge in [-0.1, -0.05) is 0 Å². The van der Waals surface area contributed by atoms with Gasteiger partial charge in [0.1, 0.15) is 0 Å². The molecule has 0 bridgehead atoms. The average Bonchev–Trinajstić information content (AvgIpc) is 2.70. The molecule has 0 saturated heterocycles. The van der Waals surface area contributed by atoms with Crippen molar-refractivity contribution in [2.75, 3.05) is 11.1 Å². The molecule has 0 aliphatic rings. The second-order valence-electron chi connectivity index (χ2n) is 4.76. The van der Waals surface area contributed by atoms with E-state index in [-0.39, 0.29) is 11.7 Å². The molecule has 0 saturated carbocycles. The number of aryl methyl sites for hydroxylation is 2. The van der Waals surface area contributed by atoms with Crippen molar-refractivity contribution in [2.24, 2.45) is 0 Å². The minimum Gasteiger partial charge on any atom is -0.397 e. The second-order valence-corrected chi connectivity index (χ2v) is 6.22. The molecule has 0 aliphatic carbocycles. The summed E-state index contributed by atoms with van der Waals surface area (Å²) in [7, 11) is 0. The molecule has 2 aromatic rings. The number of rotatable bonds is 4. The fourth-order valence-corrected chi connectivity index (χ4v) is 3.21. The van der Waals surface area contributed by atoms with Gasteiger partial charge in [-0.2, -0.15) is 0 Å². The lowest BCUT2D eigenvalue weighted by atomic mass is 10.1. The van der Waals surface area contributed by atoms with E-state index in [0.717, 1.165) is 0 Å². The van der Waals surface area contributed by atoms with Crippen molar-refractivity contribution in [2.45, 2.75) is 26.8 Å². The van der Waals surface area contributed by atoms with Crippen LogP contribution in [0.5, 0.6) is 0 Å². The third kappa shape index (κ3) is 2.91. The molecule has 106 valence electrons. The van der Waals surface area contributed by atoms with E-state index < -0.39 is 4.92 Å². The number of nitrogens with zero attached hydrogens (tertiary/aromatic N) is 1. The average molecular weight is 291 g/mol. The Bertz CT molecular complexity index is 652. The zero-order chi connectivity index (χ0) is 14.9. The summed E-state index contributed by atoms with van der Waals surface area (Å²) in [5.41, 5.74) is 8.19. The first-order chi connectivity index (χ1) is 9.38. The lowest BCUT2D eigenvalue weighted by molar-refractivity contribution is -0.384. The number of hydrogen-bond donors (Lipinski definition) is 2. The number of nitrogen functional groups attached to an aromatic ring is 1. The van der Waals surface area contributed by atoms with Crippen molar-refractivity contribution in [1.82, 2.24) is 0 Å². The van der Waals surface area contributed by atoms with Gasteiger partial charge in [0, 0.05) is 27.9 Å². The number of thiophene rings is 1. The molecule has 1 atom stereocenters. The highest BCUT2D eigenvalue weighted by molar-refractivity contribution is 7.12. The largest absolute Gasteiger partial charge is 0.397 e. The normalized spacial score (nSPS) is 12.2. The van der Waals surface area contributed by atoms with Crippen molar-refractivity contribution in [3.05, 3.63) is 49.7 Å². The summed E-state index contributed by atoms with van der Waals surface area (Å²) in [4.78, 5) is 12.8. The predicted molar refractivity (Wildman–Crippen MR) is 83.3 cm³/mol. The Morgan fingerprint density at radius 3 is 2.55 bits per heavy atom. The van der Waals surface area contributed by atoms with E-state index in [1.54, 1.807) is 17.4 Å². The number of anilines is 2. The van der Waals surface area contributed by atoms with Crippen LogP contribution in [0.3, 0.4) is 0 Å². The van der Waals surface area contributed by atoms with Crippen molar-refractivity contribution in [1.29, 1.82) is 0 Å². The topological polar surface area (TPSA) is 81.2 Å². The molecule has 20 heavy (non-hydrogen) atoms. The molecule has 0 amide bonds. The molecule has 1 aromatic carbocycles. The van der Waals surface area contributed by atoms with E-state index in [1.165, 1.54) is 27.5 Å². The Balaban J connectivity index is 2.22. The zero-order valence-corrected chi connectivity index (χ0v) is 12.5. The van der Waals surface area contributed by atoms with E-state index in [9.17, 15) is 10.1 Å². The molecule has 0 radical (unpaired) electrons. The van der Waals surface area contributed by atoms with Crippen LogP contribution < -0.4 is 11.1 Å². The first-order valence-electron chi connectivity index (χ1n) is 6.26. The van der Waals surface area contributed by atoms with Gasteiger partial charge < -0.3 is 11.1 Å². The quantitative estimate of drug-likeness (QED) is 0.506. The molecule has 0 aliphatic heterocycles. The van der Waals surface area contributed by atoms with E-state index >= 15 is 0 Å². The Morgan fingerprint density at radius 1 is 1.35 bits per heavy atom. The van der Waals surface area contributed by atoms with Gasteiger partial charge in [-0.15, -0.1) is 11.3 Å². The summed E-state index contributed by atoms with van der Waals surface area (Å²) in [5.74, 6) is 0. The highest BCUT2D eigenvalue weighted by Gasteiger charge is 2.14. The Hall–Kier alpha value is -2.08. The highest BCUT2D eigenvalue weighted by atomic mass is 32.1. The van der Waals surface area contributed by atoms with Crippen LogP contribution in [-0.2, 0) is 0 Å². The van der Waals surface area contributed by atoms with Crippen LogP contribution in [0.15, 0.2) is 24.3 Å². The van der Waals surface area contributed by atoms with Crippen molar-refractivity contribution >= 4 is 28.4 Å². The van der Waals surface area contributed by atoms with Gasteiger partial charge in [0.25, 0.3) is 5.69 Å². The van der Waals surface area contributed by atoms with Crippen LogP contribution in [0.25, 0.3) is 0 Å². The molecule has 0 fully saturated rings. The monoisotopic (exact) mass is 291 g/mol. The standard InChI is InChI=1S/C14H17N3O2S/c1-8-6-12(10(3)20-8)9(2)16-14-5-4-11(17(18)19)7-13(14)15/h4-7,9,16H,15H2,1-3H3. The molecule has 1 aromatic heterocycles. The van der Waals surface area contributed by atoms with Gasteiger partial charge in [-0.05, 0) is 38.5 Å². The number of nitrogens with two attached hydrogens (primary N) is 1. The lowest BCUT2D eigenvalue weighted by Crippen LogP contribution is -2.08. The Kier molecular flexibility index (Phi) is 3.94. The third-order valence-corrected chi connectivity index (χ3v) is 4.15. The van der Waals surface area contributed by atoms with E-state index in [0.29, 0.717) is 11.4 Å². The fourth-order valence-electron chi connectivity index (χ4n) is 2.19. The third-order valence-electron chi connectivity index (χ3n) is 3.16. The fraction of sp³-hybridized carbons (Fsp3) is 0.286. The van der Waals surface area contributed by atoms with Crippen LogP contribution in [0.4, 0.5) is 17.1 Å². The maximum Gasteiger partial charge on any atom is 0.271 e. The van der Waals surface area contributed by atoms with Gasteiger partial charge in [0.15, 0.2) is 0 Å². The highest BCUT2D eigenvalue weighted by Crippen LogP contribution is 2.31. The van der Waals surface area contributed by atoms with Gasteiger partial charge >= 0.3 is 0 Å². The van der Waals surface area contributed by atoms with Crippen LogP contribution in [-0.4, -0.2) is 4.92 Å². The van der Waals surface area contributed by atoms with Crippen molar-refractivity contribution in [3.8, 4) is 0 Å². The van der Waals surface area contributed by atoms with Gasteiger partial charge in [-0.3, -0.25) is 10.1 Å². The van der Waals surface area contributed by atoms with E-state index in [2.05, 4.69) is 32.2 Å². The molecule has 2 rings (SSSR count). The summed E-state index contributed by atoms with van der Waals surface area (Å²) in [6.45, 7) is 6.22. The van der Waals surface area contributed by atoms with Gasteiger partial charge in [0.2, 0.25) is 0 Å². The van der Waals surface area contributed by atoms with E-state index in [4.69, 9.17) is 5.73 Å². The number of nitrogens with one attached hydrogen (secondary N) is 1. The van der Waals surface area contributed by atoms with Crippen LogP contribution in [0.1, 0.15) is 28.3 Å². The molecule has 5 nitrogen and oxygen atoms in total. The van der Waals surface area contributed by atoms with Crippen LogP contribution >= 0.6 is 11.3 Å². The molecule has 0 spiro atoms. The summed E-state index contributed by atoms with van der Waals surface area (Å²) in [5, 5.41) is 14.0. The molecular weight excluding hydrogens is 274 g/mol. The molecule has 6 heteroatoms. The zero-order valence-electron chi connectivity index (χ0n) is 11.6.